The van der Waals surface area contributed by atoms with Crippen LogP contribution in [-0.4, -0.2) is 17.6 Å². The maximum Gasteiger partial charge on any atom is 0.235 e. The van der Waals surface area contributed by atoms with E-state index in [0.717, 1.165) is 17.7 Å². The van der Waals surface area contributed by atoms with Gasteiger partial charge in [0.2, 0.25) is 5.91 Å². The van der Waals surface area contributed by atoms with E-state index in [-0.39, 0.29) is 12.5 Å². The molecule has 17 heavy (non-hydrogen) atoms. The Morgan fingerprint density at radius 1 is 1.35 bits per heavy atom. The van der Waals surface area contributed by atoms with E-state index < -0.39 is 5.41 Å². The maximum absolute atomic E-state index is 12.3. The zero-order valence-electron chi connectivity index (χ0n) is 10.4. The Balaban J connectivity index is 2.47. The van der Waals surface area contributed by atoms with Crippen LogP contribution in [0.4, 0.5) is 5.69 Å². The molecule has 1 aliphatic heterocycles. The van der Waals surface area contributed by atoms with Gasteiger partial charge in [-0.25, -0.2) is 0 Å². The van der Waals surface area contributed by atoms with Crippen LogP contribution in [0.5, 0.6) is 0 Å². The minimum Gasteiger partial charge on any atom is -0.396 e. The lowest BCUT2D eigenvalue weighted by Crippen LogP contribution is -2.36. The average molecular weight is 233 g/mol. The van der Waals surface area contributed by atoms with Gasteiger partial charge >= 0.3 is 0 Å². The summed E-state index contributed by atoms with van der Waals surface area (Å²) in [6.45, 7) is 4.25. The number of hydrogen-bond acceptors (Lipinski definition) is 2. The van der Waals surface area contributed by atoms with E-state index in [1.165, 1.54) is 0 Å². The van der Waals surface area contributed by atoms with Gasteiger partial charge in [0.25, 0.3) is 0 Å². The predicted octanol–water partition coefficient (Wildman–Crippen LogP) is 2.30. The second-order valence-corrected chi connectivity index (χ2v) is 5.15. The number of carbonyl (C=O) groups is 1. The number of aliphatic hydroxyl groups is 1. The summed E-state index contributed by atoms with van der Waals surface area (Å²) in [6, 6.07) is 7.78. The van der Waals surface area contributed by atoms with Crippen molar-refractivity contribution in [2.24, 2.45) is 5.92 Å². The highest BCUT2D eigenvalue weighted by atomic mass is 16.3. The molecule has 1 atom stereocenters. The zero-order valence-corrected chi connectivity index (χ0v) is 10.4. The molecule has 1 heterocycles. The number of benzene rings is 1. The number of anilines is 1. The molecule has 0 saturated heterocycles. The average Bonchev–Trinajstić information content (AvgIpc) is 2.53. The third-order valence-corrected chi connectivity index (χ3v) is 3.42. The molecular weight excluding hydrogens is 214 g/mol. The molecule has 0 bridgehead atoms. The van der Waals surface area contributed by atoms with E-state index in [0.29, 0.717) is 12.3 Å². The highest BCUT2D eigenvalue weighted by molar-refractivity contribution is 6.06. The number of rotatable bonds is 4. The van der Waals surface area contributed by atoms with Crippen LogP contribution >= 0.6 is 0 Å². The molecule has 0 saturated carbocycles. The summed E-state index contributed by atoms with van der Waals surface area (Å²) in [7, 11) is 0. The van der Waals surface area contributed by atoms with Crippen molar-refractivity contribution in [2.75, 3.05) is 11.9 Å². The Bertz CT molecular complexity index is 428. The van der Waals surface area contributed by atoms with Gasteiger partial charge in [0, 0.05) is 12.3 Å². The van der Waals surface area contributed by atoms with Crippen LogP contribution in [0.3, 0.4) is 0 Å². The molecule has 1 unspecified atom stereocenters. The SMILES string of the molecule is CC(C)CC1(CCO)C(=O)Nc2ccccc21. The minimum absolute atomic E-state index is 0.0291. The number of fused-ring (bicyclic) bond motifs is 1. The molecule has 2 rings (SSSR count). The summed E-state index contributed by atoms with van der Waals surface area (Å²) in [5, 5.41) is 12.2. The van der Waals surface area contributed by atoms with Crippen LogP contribution in [-0.2, 0) is 10.2 Å². The summed E-state index contributed by atoms with van der Waals surface area (Å²) in [6.07, 6.45) is 1.27. The topological polar surface area (TPSA) is 49.3 Å². The number of para-hydroxylation sites is 1. The van der Waals surface area contributed by atoms with Crippen LogP contribution in [0.1, 0.15) is 32.3 Å². The molecule has 2 N–H and O–H groups in total. The minimum atomic E-state index is -0.542. The van der Waals surface area contributed by atoms with Gasteiger partial charge in [-0.15, -0.1) is 0 Å². The van der Waals surface area contributed by atoms with E-state index in [2.05, 4.69) is 19.2 Å². The van der Waals surface area contributed by atoms with Crippen molar-refractivity contribution in [3.63, 3.8) is 0 Å². The lowest BCUT2D eigenvalue weighted by molar-refractivity contribution is -0.122. The predicted molar refractivity (Wildman–Crippen MR) is 67.9 cm³/mol. The van der Waals surface area contributed by atoms with Gasteiger partial charge in [0.1, 0.15) is 0 Å². The molecule has 3 heteroatoms. The fraction of sp³-hybridized carbons (Fsp3) is 0.500. The second kappa shape index (κ2) is 4.49. The highest BCUT2D eigenvalue weighted by Crippen LogP contribution is 2.44. The zero-order chi connectivity index (χ0) is 12.5. The van der Waals surface area contributed by atoms with E-state index in [1.54, 1.807) is 0 Å². The van der Waals surface area contributed by atoms with Gasteiger partial charge in [0.15, 0.2) is 0 Å². The normalized spacial score (nSPS) is 22.7. The molecule has 92 valence electrons. The first-order chi connectivity index (χ1) is 8.10. The fourth-order valence-electron chi connectivity index (χ4n) is 2.81. The Hall–Kier alpha value is -1.35. The number of carbonyl (C=O) groups excluding carboxylic acids is 1. The van der Waals surface area contributed by atoms with Crippen LogP contribution in [0.25, 0.3) is 0 Å². The van der Waals surface area contributed by atoms with Gasteiger partial charge in [-0.2, -0.15) is 0 Å². The molecule has 1 aromatic carbocycles. The van der Waals surface area contributed by atoms with Gasteiger partial charge in [-0.05, 0) is 30.4 Å². The van der Waals surface area contributed by atoms with E-state index >= 15 is 0 Å². The first kappa shape index (κ1) is 12.1. The van der Waals surface area contributed by atoms with Crippen LogP contribution in [0.15, 0.2) is 24.3 Å². The van der Waals surface area contributed by atoms with Gasteiger partial charge in [-0.1, -0.05) is 32.0 Å². The molecule has 0 radical (unpaired) electrons. The van der Waals surface area contributed by atoms with Crippen LogP contribution < -0.4 is 5.32 Å². The molecule has 3 nitrogen and oxygen atoms in total. The Labute approximate surface area is 102 Å². The van der Waals surface area contributed by atoms with Crippen molar-refractivity contribution in [2.45, 2.75) is 32.1 Å². The third kappa shape index (κ3) is 1.95. The highest BCUT2D eigenvalue weighted by Gasteiger charge is 2.46. The smallest absolute Gasteiger partial charge is 0.235 e. The molecule has 1 amide bonds. The Morgan fingerprint density at radius 3 is 2.71 bits per heavy atom. The van der Waals surface area contributed by atoms with E-state index in [4.69, 9.17) is 0 Å². The van der Waals surface area contributed by atoms with Gasteiger partial charge in [0.05, 0.1) is 5.41 Å². The van der Waals surface area contributed by atoms with Crippen molar-refractivity contribution in [1.29, 1.82) is 0 Å². The van der Waals surface area contributed by atoms with Crippen molar-refractivity contribution in [3.05, 3.63) is 29.8 Å². The molecule has 1 aliphatic rings. The van der Waals surface area contributed by atoms with Crippen LogP contribution in [0.2, 0.25) is 0 Å². The standard InChI is InChI=1S/C14H19NO2/c1-10(2)9-14(7-8-16)11-5-3-4-6-12(11)15-13(14)17/h3-6,10,16H,7-9H2,1-2H3,(H,15,17). The molecule has 1 aromatic rings. The lowest BCUT2D eigenvalue weighted by atomic mass is 9.73. The van der Waals surface area contributed by atoms with E-state index in [9.17, 15) is 9.90 Å². The van der Waals surface area contributed by atoms with Crippen molar-refractivity contribution < 1.29 is 9.90 Å². The molecule has 0 aromatic heterocycles. The maximum atomic E-state index is 12.3. The van der Waals surface area contributed by atoms with Crippen molar-refractivity contribution in [1.82, 2.24) is 0 Å². The number of aliphatic hydroxyl groups excluding tert-OH is 1. The van der Waals surface area contributed by atoms with Crippen molar-refractivity contribution >= 4 is 11.6 Å². The summed E-state index contributed by atoms with van der Waals surface area (Å²) in [5.74, 6) is 0.444. The number of nitrogens with one attached hydrogen (secondary N) is 1. The fourth-order valence-corrected chi connectivity index (χ4v) is 2.81. The first-order valence-corrected chi connectivity index (χ1v) is 6.12. The lowest BCUT2D eigenvalue weighted by Gasteiger charge is -2.28. The Morgan fingerprint density at radius 2 is 2.06 bits per heavy atom. The molecule has 0 fully saturated rings. The van der Waals surface area contributed by atoms with Gasteiger partial charge < -0.3 is 10.4 Å². The van der Waals surface area contributed by atoms with Crippen LogP contribution in [0, 0.1) is 5.92 Å². The number of hydrogen-bond donors (Lipinski definition) is 2. The Kier molecular flexibility index (Phi) is 3.20. The van der Waals surface area contributed by atoms with E-state index in [1.807, 2.05) is 24.3 Å². The second-order valence-electron chi connectivity index (χ2n) is 5.15. The summed E-state index contributed by atoms with van der Waals surface area (Å²) < 4.78 is 0. The summed E-state index contributed by atoms with van der Waals surface area (Å²) in [5.41, 5.74) is 1.39. The molecule has 0 aliphatic carbocycles. The third-order valence-electron chi connectivity index (χ3n) is 3.42. The molecular formula is C14H19NO2. The summed E-state index contributed by atoms with van der Waals surface area (Å²) in [4.78, 5) is 12.3. The summed E-state index contributed by atoms with van der Waals surface area (Å²) >= 11 is 0. The first-order valence-electron chi connectivity index (χ1n) is 6.12. The number of amides is 1. The largest absolute Gasteiger partial charge is 0.396 e. The quantitative estimate of drug-likeness (QED) is 0.838. The molecule has 0 spiro atoms. The van der Waals surface area contributed by atoms with Gasteiger partial charge in [-0.3, -0.25) is 4.79 Å². The monoisotopic (exact) mass is 233 g/mol. The van der Waals surface area contributed by atoms with Crippen molar-refractivity contribution in [3.8, 4) is 0 Å².